The Balaban J connectivity index is 0.00000469. The van der Waals surface area contributed by atoms with Crippen molar-refractivity contribution in [1.82, 2.24) is 20.9 Å². The summed E-state index contributed by atoms with van der Waals surface area (Å²) in [5.41, 5.74) is 0.00823. The number of hydrogen-bond donors (Lipinski definition) is 4. The zero-order valence-corrected chi connectivity index (χ0v) is 34.3. The molecule has 0 bridgehead atoms. The van der Waals surface area contributed by atoms with Crippen molar-refractivity contribution >= 4 is 47.1 Å². The van der Waals surface area contributed by atoms with E-state index in [9.17, 15) is 33.6 Å². The van der Waals surface area contributed by atoms with Crippen LogP contribution in [0.1, 0.15) is 120 Å². The molecule has 2 unspecified atom stereocenters. The number of nitrogens with zero attached hydrogens (tertiary/aromatic N) is 1. The van der Waals surface area contributed by atoms with Crippen LogP contribution in [-0.4, -0.2) is 83.2 Å². The Hall–Kier alpha value is -4.33. The van der Waals surface area contributed by atoms with Gasteiger partial charge in [-0.1, -0.05) is 60.1 Å². The Bertz CT molecular complexity index is 1420. The van der Waals surface area contributed by atoms with E-state index >= 15 is 0 Å². The molecular weight excluding hydrogens is 694 g/mol. The molecule has 0 aromatic heterocycles. The van der Waals surface area contributed by atoms with E-state index in [-0.39, 0.29) is 86.3 Å². The second-order valence-corrected chi connectivity index (χ2v) is 15.7. The number of esters is 1. The molecule has 14 nitrogen and oxygen atoms in total. The van der Waals surface area contributed by atoms with Gasteiger partial charge in [-0.25, -0.2) is 0 Å². The molecule has 6 amide bonds. The fraction of sp³-hybridized carbons (Fsp3) is 0.675. The van der Waals surface area contributed by atoms with Crippen molar-refractivity contribution in [3.63, 3.8) is 0 Å². The van der Waals surface area contributed by atoms with Crippen LogP contribution in [0.3, 0.4) is 0 Å². The summed E-state index contributed by atoms with van der Waals surface area (Å²) in [7, 11) is 0. The summed E-state index contributed by atoms with van der Waals surface area (Å²) in [4.78, 5) is 87.6. The number of likely N-dealkylation sites (tertiary alicyclic amines) is 1. The molecule has 0 spiro atoms. The van der Waals surface area contributed by atoms with Gasteiger partial charge in [-0.2, -0.15) is 0 Å². The molecule has 1 saturated heterocycles. The van der Waals surface area contributed by atoms with Gasteiger partial charge in [0.1, 0.15) is 12.6 Å². The quantitative estimate of drug-likeness (QED) is 0.108. The molecule has 4 N–H and O–H groups in total. The van der Waals surface area contributed by atoms with Crippen molar-refractivity contribution in [3.05, 3.63) is 29.8 Å². The van der Waals surface area contributed by atoms with Gasteiger partial charge in [0, 0.05) is 49.6 Å². The van der Waals surface area contributed by atoms with Crippen LogP contribution in [0.4, 0.5) is 5.69 Å². The molecule has 1 aromatic rings. The van der Waals surface area contributed by atoms with Gasteiger partial charge in [-0.05, 0) is 71.1 Å². The van der Waals surface area contributed by atoms with Crippen molar-refractivity contribution in [3.8, 4) is 0 Å². The van der Waals surface area contributed by atoms with Crippen LogP contribution in [0.15, 0.2) is 24.3 Å². The van der Waals surface area contributed by atoms with E-state index in [4.69, 9.17) is 9.47 Å². The number of nitrogens with one attached hydrogen (secondary N) is 4. The number of hydrogen-bond acceptors (Lipinski definition) is 9. The summed E-state index contributed by atoms with van der Waals surface area (Å²) >= 11 is 0. The SMILES string of the molecule is CC(C)C(=O)OCc1ccc(NC(=O)C(C)NC(=O)CNC(=O)CCC(C)(C)OCCC(C)(C)NC(=O)CCN2C(=O)CC(C(C)C)C2=O)cc1.CCC. The molecular formula is C40H65N5O9. The van der Waals surface area contributed by atoms with Crippen molar-refractivity contribution in [2.24, 2.45) is 17.8 Å². The molecule has 304 valence electrons. The van der Waals surface area contributed by atoms with Gasteiger partial charge in [-0.15, -0.1) is 0 Å². The minimum atomic E-state index is -0.863. The van der Waals surface area contributed by atoms with E-state index in [1.54, 1.807) is 38.1 Å². The van der Waals surface area contributed by atoms with Gasteiger partial charge in [0.25, 0.3) is 0 Å². The average Bonchev–Trinajstić information content (AvgIpc) is 3.37. The lowest BCUT2D eigenvalue weighted by Crippen LogP contribution is -2.46. The van der Waals surface area contributed by atoms with Crippen LogP contribution in [0.2, 0.25) is 0 Å². The van der Waals surface area contributed by atoms with Crippen LogP contribution < -0.4 is 21.3 Å². The lowest BCUT2D eigenvalue weighted by Gasteiger charge is -2.30. The first kappa shape index (κ1) is 47.7. The molecule has 0 aliphatic carbocycles. The summed E-state index contributed by atoms with van der Waals surface area (Å²) in [6.45, 7) is 20.7. The number of carbonyl (C=O) groups excluding carboxylic acids is 7. The van der Waals surface area contributed by atoms with Gasteiger partial charge in [0.2, 0.25) is 35.4 Å². The van der Waals surface area contributed by atoms with Gasteiger partial charge in [0.05, 0.1) is 18.1 Å². The zero-order valence-electron chi connectivity index (χ0n) is 34.3. The number of ether oxygens (including phenoxy) is 2. The second-order valence-electron chi connectivity index (χ2n) is 15.7. The van der Waals surface area contributed by atoms with Crippen LogP contribution >= 0.6 is 0 Å². The highest BCUT2D eigenvalue weighted by molar-refractivity contribution is 6.04. The van der Waals surface area contributed by atoms with Crippen LogP contribution in [0, 0.1) is 17.8 Å². The summed E-state index contributed by atoms with van der Waals surface area (Å²) < 4.78 is 11.2. The summed E-state index contributed by atoms with van der Waals surface area (Å²) in [5.74, 6) is -2.81. The van der Waals surface area contributed by atoms with E-state index < -0.39 is 29.0 Å². The topological polar surface area (TPSA) is 189 Å². The van der Waals surface area contributed by atoms with Crippen molar-refractivity contribution < 1.29 is 43.0 Å². The van der Waals surface area contributed by atoms with Crippen molar-refractivity contribution in [2.75, 3.05) is 25.0 Å². The molecule has 2 atom stereocenters. The average molecular weight is 760 g/mol. The fourth-order valence-electron chi connectivity index (χ4n) is 5.13. The van der Waals surface area contributed by atoms with E-state index in [2.05, 4.69) is 35.1 Å². The number of carbonyl (C=O) groups is 7. The van der Waals surface area contributed by atoms with Crippen molar-refractivity contribution in [1.29, 1.82) is 0 Å². The number of anilines is 1. The lowest BCUT2D eigenvalue weighted by atomic mass is 9.94. The monoisotopic (exact) mass is 759 g/mol. The summed E-state index contributed by atoms with van der Waals surface area (Å²) in [6.07, 6.45) is 2.42. The third kappa shape index (κ3) is 18.1. The number of amides is 6. The maximum absolute atomic E-state index is 12.6. The smallest absolute Gasteiger partial charge is 0.308 e. The van der Waals surface area contributed by atoms with Gasteiger partial charge < -0.3 is 30.7 Å². The fourth-order valence-corrected chi connectivity index (χ4v) is 5.13. The van der Waals surface area contributed by atoms with E-state index in [1.807, 2.05) is 41.5 Å². The first-order valence-corrected chi connectivity index (χ1v) is 19.0. The van der Waals surface area contributed by atoms with E-state index in [0.717, 1.165) is 5.56 Å². The Morgan fingerprint density at radius 2 is 1.48 bits per heavy atom. The first-order chi connectivity index (χ1) is 25.1. The molecule has 2 rings (SSSR count). The highest BCUT2D eigenvalue weighted by Crippen LogP contribution is 2.26. The zero-order chi connectivity index (χ0) is 41.2. The Labute approximate surface area is 321 Å². The highest BCUT2D eigenvalue weighted by atomic mass is 16.5. The van der Waals surface area contributed by atoms with Gasteiger partial charge in [-0.3, -0.25) is 38.5 Å². The molecule has 1 fully saturated rings. The minimum absolute atomic E-state index is 0.0204. The summed E-state index contributed by atoms with van der Waals surface area (Å²) in [5, 5.41) is 10.8. The number of rotatable bonds is 20. The third-order valence-electron chi connectivity index (χ3n) is 8.59. The Morgan fingerprint density at radius 3 is 2.04 bits per heavy atom. The lowest BCUT2D eigenvalue weighted by molar-refractivity contribution is -0.148. The van der Waals surface area contributed by atoms with Gasteiger partial charge in [0.15, 0.2) is 0 Å². The summed E-state index contributed by atoms with van der Waals surface area (Å²) in [6, 6.07) is 5.93. The predicted octanol–water partition coefficient (Wildman–Crippen LogP) is 4.64. The minimum Gasteiger partial charge on any atom is -0.461 e. The predicted molar refractivity (Wildman–Crippen MR) is 207 cm³/mol. The molecule has 1 heterocycles. The normalized spacial score (nSPS) is 15.0. The molecule has 0 saturated carbocycles. The highest BCUT2D eigenvalue weighted by Gasteiger charge is 2.40. The number of imide groups is 1. The molecule has 0 radical (unpaired) electrons. The molecule has 1 aliphatic rings. The van der Waals surface area contributed by atoms with Crippen LogP contribution in [0.25, 0.3) is 0 Å². The molecule has 1 aliphatic heterocycles. The van der Waals surface area contributed by atoms with E-state index in [1.165, 1.54) is 18.2 Å². The largest absolute Gasteiger partial charge is 0.461 e. The van der Waals surface area contributed by atoms with Crippen LogP contribution in [-0.2, 0) is 49.6 Å². The second kappa shape index (κ2) is 22.8. The first-order valence-electron chi connectivity index (χ1n) is 19.0. The third-order valence-corrected chi connectivity index (χ3v) is 8.59. The Kier molecular flexibility index (Phi) is 20.1. The Morgan fingerprint density at radius 1 is 0.870 bits per heavy atom. The molecule has 1 aromatic carbocycles. The maximum Gasteiger partial charge on any atom is 0.308 e. The number of benzene rings is 1. The van der Waals surface area contributed by atoms with E-state index in [0.29, 0.717) is 25.1 Å². The maximum atomic E-state index is 12.6. The van der Waals surface area contributed by atoms with Gasteiger partial charge >= 0.3 is 5.97 Å². The van der Waals surface area contributed by atoms with Crippen molar-refractivity contribution in [2.45, 2.75) is 138 Å². The molecule has 54 heavy (non-hydrogen) atoms. The van der Waals surface area contributed by atoms with Crippen LogP contribution in [0.5, 0.6) is 0 Å². The standard InChI is InChI=1S/C37H57N5O9.C3H8/c1-23(2)28-20-32(46)42(34(28)48)18-15-30(44)41-36(6,7)17-19-51-37(8,9)16-14-29(43)38-21-31(45)39-25(5)33(47)40-27-12-10-26(11-13-27)22-50-35(49)24(3)4;1-3-2/h10-13,23-25,28H,14-22H2,1-9H3,(H,38,43)(H,39,45)(H,40,47)(H,41,44);3H2,1-2H3. The molecule has 14 heteroatoms.